The highest BCUT2D eigenvalue weighted by Gasteiger charge is 2.16. The average molecular weight is 289 g/mol. The number of ether oxygens (including phenoxy) is 2. The molecule has 0 unspecified atom stereocenters. The minimum absolute atomic E-state index is 0.0369. The predicted octanol–water partition coefficient (Wildman–Crippen LogP) is 2.40. The van der Waals surface area contributed by atoms with Crippen molar-refractivity contribution < 1.29 is 19.4 Å². The minimum atomic E-state index is -0.873. The largest absolute Gasteiger partial charge is 0.493 e. The van der Waals surface area contributed by atoms with Gasteiger partial charge in [0.1, 0.15) is 0 Å². The van der Waals surface area contributed by atoms with Crippen LogP contribution in [0.4, 0.5) is 0 Å². The third-order valence-electron chi connectivity index (χ3n) is 2.31. The van der Waals surface area contributed by atoms with Crippen LogP contribution in [-0.4, -0.2) is 25.3 Å². The maximum absolute atomic E-state index is 10.7. The van der Waals surface area contributed by atoms with E-state index >= 15 is 0 Å². The molecule has 1 rings (SSSR count). The van der Waals surface area contributed by atoms with Gasteiger partial charge in [-0.2, -0.15) is 0 Å². The Balaban J connectivity index is 3.32. The molecule has 0 spiro atoms. The molecule has 0 aromatic heterocycles. The van der Waals surface area contributed by atoms with Crippen LogP contribution >= 0.6 is 15.9 Å². The van der Waals surface area contributed by atoms with Gasteiger partial charge in [0.2, 0.25) is 0 Å². The number of hydrogen-bond acceptors (Lipinski definition) is 3. The molecule has 0 saturated heterocycles. The quantitative estimate of drug-likeness (QED) is 0.924. The molecule has 0 aliphatic carbocycles. The third kappa shape index (κ3) is 2.47. The highest BCUT2D eigenvalue weighted by molar-refractivity contribution is 9.10. The van der Waals surface area contributed by atoms with Crippen LogP contribution in [0.2, 0.25) is 0 Å². The van der Waals surface area contributed by atoms with Crippen LogP contribution in [0.15, 0.2) is 10.5 Å². The van der Waals surface area contributed by atoms with Crippen molar-refractivity contribution in [3.63, 3.8) is 0 Å². The number of rotatable bonds is 4. The molecule has 5 heteroatoms. The number of aliphatic carboxylic acids is 1. The van der Waals surface area contributed by atoms with Crippen molar-refractivity contribution in [1.29, 1.82) is 0 Å². The molecule has 1 aromatic carbocycles. The summed E-state index contributed by atoms with van der Waals surface area (Å²) in [5.74, 6) is 0.229. The monoisotopic (exact) mass is 288 g/mol. The van der Waals surface area contributed by atoms with Crippen molar-refractivity contribution in [2.24, 2.45) is 0 Å². The fraction of sp³-hybridized carbons (Fsp3) is 0.364. The lowest BCUT2D eigenvalue weighted by molar-refractivity contribution is -0.136. The molecule has 16 heavy (non-hydrogen) atoms. The summed E-state index contributed by atoms with van der Waals surface area (Å²) in [4.78, 5) is 10.7. The van der Waals surface area contributed by atoms with Crippen LogP contribution in [-0.2, 0) is 11.2 Å². The Morgan fingerprint density at radius 1 is 1.44 bits per heavy atom. The van der Waals surface area contributed by atoms with Gasteiger partial charge in [0.15, 0.2) is 11.5 Å². The summed E-state index contributed by atoms with van der Waals surface area (Å²) in [6.45, 7) is 1.84. The Morgan fingerprint density at radius 3 is 2.50 bits per heavy atom. The summed E-state index contributed by atoms with van der Waals surface area (Å²) in [5, 5.41) is 8.78. The maximum atomic E-state index is 10.7. The van der Waals surface area contributed by atoms with Gasteiger partial charge in [0.25, 0.3) is 0 Å². The van der Waals surface area contributed by atoms with Gasteiger partial charge in [0, 0.05) is 0 Å². The summed E-state index contributed by atoms with van der Waals surface area (Å²) >= 11 is 3.37. The third-order valence-corrected chi connectivity index (χ3v) is 3.26. The van der Waals surface area contributed by atoms with E-state index in [0.717, 1.165) is 10.0 Å². The standard InChI is InChI=1S/C11H13BrO4/c1-6-7(5-9(13)14)4-8(15-2)11(16-3)10(6)12/h4H,5H2,1-3H3,(H,13,14). The number of carbonyl (C=O) groups is 1. The number of carboxylic acids is 1. The molecule has 0 aliphatic rings. The summed E-state index contributed by atoms with van der Waals surface area (Å²) in [5.41, 5.74) is 1.55. The number of methoxy groups -OCH3 is 2. The van der Waals surface area contributed by atoms with Gasteiger partial charge < -0.3 is 14.6 Å². The molecule has 0 atom stereocenters. The van der Waals surface area contributed by atoms with E-state index in [1.54, 1.807) is 13.2 Å². The minimum Gasteiger partial charge on any atom is -0.493 e. The smallest absolute Gasteiger partial charge is 0.307 e. The van der Waals surface area contributed by atoms with Crippen molar-refractivity contribution in [3.05, 3.63) is 21.7 Å². The molecule has 0 radical (unpaired) electrons. The summed E-state index contributed by atoms with van der Waals surface area (Å²) in [6, 6.07) is 1.69. The van der Waals surface area contributed by atoms with Crippen LogP contribution in [0.3, 0.4) is 0 Å². The second-order valence-corrected chi connectivity index (χ2v) is 4.07. The molecule has 0 aliphatic heterocycles. The van der Waals surface area contributed by atoms with Crippen LogP contribution in [0.5, 0.6) is 11.5 Å². The highest BCUT2D eigenvalue weighted by Crippen LogP contribution is 2.39. The van der Waals surface area contributed by atoms with E-state index in [4.69, 9.17) is 14.6 Å². The number of benzene rings is 1. The van der Waals surface area contributed by atoms with Gasteiger partial charge in [-0.25, -0.2) is 0 Å². The van der Waals surface area contributed by atoms with Crippen molar-refractivity contribution in [1.82, 2.24) is 0 Å². The predicted molar refractivity (Wildman–Crippen MR) is 63.3 cm³/mol. The Bertz CT molecular complexity index is 415. The molecule has 1 N–H and O–H groups in total. The van der Waals surface area contributed by atoms with Crippen LogP contribution < -0.4 is 9.47 Å². The second-order valence-electron chi connectivity index (χ2n) is 3.28. The first-order chi connectivity index (χ1) is 7.51. The van der Waals surface area contributed by atoms with Gasteiger partial charge in [0.05, 0.1) is 25.1 Å². The Hall–Kier alpha value is -1.23. The molecule has 4 nitrogen and oxygen atoms in total. The van der Waals surface area contributed by atoms with Crippen LogP contribution in [0, 0.1) is 6.92 Å². The molecule has 88 valence electrons. The van der Waals surface area contributed by atoms with Gasteiger partial charge >= 0.3 is 5.97 Å². The lowest BCUT2D eigenvalue weighted by atomic mass is 10.0. The molecule has 0 heterocycles. The first kappa shape index (κ1) is 12.8. The van der Waals surface area contributed by atoms with Gasteiger partial charge in [-0.3, -0.25) is 4.79 Å². The molecule has 0 fully saturated rings. The van der Waals surface area contributed by atoms with E-state index in [2.05, 4.69) is 15.9 Å². The second kappa shape index (κ2) is 5.21. The molecule has 1 aromatic rings. The van der Waals surface area contributed by atoms with E-state index in [-0.39, 0.29) is 6.42 Å². The summed E-state index contributed by atoms with van der Waals surface area (Å²) in [6.07, 6.45) is -0.0369. The van der Waals surface area contributed by atoms with Gasteiger partial charge in [-0.05, 0) is 40.0 Å². The molecular weight excluding hydrogens is 276 g/mol. The average Bonchev–Trinajstić information content (AvgIpc) is 2.24. The van der Waals surface area contributed by atoms with Crippen molar-refractivity contribution in [3.8, 4) is 11.5 Å². The number of hydrogen-bond donors (Lipinski definition) is 1. The van der Waals surface area contributed by atoms with E-state index in [9.17, 15) is 4.79 Å². The van der Waals surface area contributed by atoms with Gasteiger partial charge in [-0.1, -0.05) is 0 Å². The number of carboxylic acid groups (broad SMARTS) is 1. The van der Waals surface area contributed by atoms with Gasteiger partial charge in [-0.15, -0.1) is 0 Å². The van der Waals surface area contributed by atoms with Crippen LogP contribution in [0.25, 0.3) is 0 Å². The lowest BCUT2D eigenvalue weighted by Crippen LogP contribution is -2.04. The van der Waals surface area contributed by atoms with Crippen molar-refractivity contribution in [2.45, 2.75) is 13.3 Å². The maximum Gasteiger partial charge on any atom is 0.307 e. The first-order valence-electron chi connectivity index (χ1n) is 4.63. The highest BCUT2D eigenvalue weighted by atomic mass is 79.9. The number of halogens is 1. The molecular formula is C11H13BrO4. The lowest BCUT2D eigenvalue weighted by Gasteiger charge is -2.14. The first-order valence-corrected chi connectivity index (χ1v) is 5.42. The Morgan fingerprint density at radius 2 is 2.06 bits per heavy atom. The van der Waals surface area contributed by atoms with E-state index in [1.807, 2.05) is 6.92 Å². The Kier molecular flexibility index (Phi) is 4.18. The zero-order chi connectivity index (χ0) is 12.3. The zero-order valence-electron chi connectivity index (χ0n) is 9.33. The summed E-state index contributed by atoms with van der Waals surface area (Å²) < 4.78 is 11.1. The SMILES string of the molecule is COc1cc(CC(=O)O)c(C)c(Br)c1OC. The van der Waals surface area contributed by atoms with E-state index in [0.29, 0.717) is 17.1 Å². The fourth-order valence-electron chi connectivity index (χ4n) is 1.44. The van der Waals surface area contributed by atoms with Crippen molar-refractivity contribution in [2.75, 3.05) is 14.2 Å². The molecule has 0 bridgehead atoms. The topological polar surface area (TPSA) is 55.8 Å². The zero-order valence-corrected chi connectivity index (χ0v) is 10.9. The normalized spacial score (nSPS) is 10.0. The molecule has 0 saturated carbocycles. The van der Waals surface area contributed by atoms with E-state index in [1.165, 1.54) is 7.11 Å². The van der Waals surface area contributed by atoms with E-state index < -0.39 is 5.97 Å². The van der Waals surface area contributed by atoms with Crippen LogP contribution in [0.1, 0.15) is 11.1 Å². The summed E-state index contributed by atoms with van der Waals surface area (Å²) in [7, 11) is 3.06. The van der Waals surface area contributed by atoms with Crippen molar-refractivity contribution >= 4 is 21.9 Å². The molecule has 0 amide bonds. The Labute approximate surface area is 102 Å². The fourth-order valence-corrected chi connectivity index (χ4v) is 2.05.